The molecule has 0 aliphatic rings. The third kappa shape index (κ3) is 2.07. The predicted octanol–water partition coefficient (Wildman–Crippen LogP) is 2.42. The molecule has 76 valence electrons. The minimum Gasteiger partial charge on any atom is -0.478 e. The van der Waals surface area contributed by atoms with Crippen molar-refractivity contribution in [1.82, 2.24) is 9.97 Å². The lowest BCUT2D eigenvalue weighted by molar-refractivity contribution is -0.131. The van der Waals surface area contributed by atoms with E-state index in [1.165, 1.54) is 6.08 Å². The number of aliphatic carboxylic acids is 1. The molecular formula is C10H7BrN2O2. The second kappa shape index (κ2) is 3.86. The smallest absolute Gasteiger partial charge is 0.328 e. The highest BCUT2D eigenvalue weighted by Crippen LogP contribution is 2.23. The summed E-state index contributed by atoms with van der Waals surface area (Å²) in [6.07, 6.45) is 4.22. The molecule has 1 heterocycles. The summed E-state index contributed by atoms with van der Waals surface area (Å²) in [5.41, 5.74) is 2.51. The maximum atomic E-state index is 10.4. The first-order valence-corrected chi connectivity index (χ1v) is 5.00. The van der Waals surface area contributed by atoms with Crippen molar-refractivity contribution in [2.45, 2.75) is 0 Å². The number of imidazole rings is 1. The average molecular weight is 267 g/mol. The molecule has 0 bridgehead atoms. The van der Waals surface area contributed by atoms with Crippen LogP contribution in [-0.4, -0.2) is 21.0 Å². The van der Waals surface area contributed by atoms with Crippen LogP contribution in [0.5, 0.6) is 0 Å². The number of hydrogen-bond acceptors (Lipinski definition) is 2. The van der Waals surface area contributed by atoms with E-state index in [9.17, 15) is 4.79 Å². The molecule has 0 unspecified atom stereocenters. The van der Waals surface area contributed by atoms with Gasteiger partial charge in [-0.1, -0.05) is 15.9 Å². The first-order chi connectivity index (χ1) is 7.16. The molecule has 2 N–H and O–H groups in total. The molecule has 1 aromatic carbocycles. The van der Waals surface area contributed by atoms with E-state index >= 15 is 0 Å². The molecule has 0 saturated heterocycles. The van der Waals surface area contributed by atoms with Crippen molar-refractivity contribution in [3.63, 3.8) is 0 Å². The van der Waals surface area contributed by atoms with Gasteiger partial charge in [0.05, 0.1) is 17.4 Å². The molecule has 0 amide bonds. The standard InChI is InChI=1S/C10H7BrN2O2/c11-7-4-9-8(12-5-13-9)3-6(7)1-2-10(14)15/h1-5H,(H,12,13)(H,14,15)/b2-1+. The molecule has 0 aliphatic carbocycles. The Morgan fingerprint density at radius 3 is 3.07 bits per heavy atom. The van der Waals surface area contributed by atoms with E-state index in [-0.39, 0.29) is 0 Å². The Kier molecular flexibility index (Phi) is 2.55. The quantitative estimate of drug-likeness (QED) is 0.821. The largest absolute Gasteiger partial charge is 0.478 e. The molecule has 0 fully saturated rings. The molecule has 0 aliphatic heterocycles. The van der Waals surface area contributed by atoms with Gasteiger partial charge in [0.1, 0.15) is 0 Å². The van der Waals surface area contributed by atoms with E-state index in [1.54, 1.807) is 6.33 Å². The van der Waals surface area contributed by atoms with E-state index in [0.29, 0.717) is 0 Å². The number of halogens is 1. The number of H-pyrrole nitrogens is 1. The van der Waals surface area contributed by atoms with Crippen molar-refractivity contribution in [2.75, 3.05) is 0 Å². The summed E-state index contributed by atoms with van der Waals surface area (Å²) in [6, 6.07) is 3.68. The van der Waals surface area contributed by atoms with Crippen molar-refractivity contribution in [2.24, 2.45) is 0 Å². The summed E-state index contributed by atoms with van der Waals surface area (Å²) in [6.45, 7) is 0. The number of benzene rings is 1. The van der Waals surface area contributed by atoms with Crippen LogP contribution in [0.3, 0.4) is 0 Å². The monoisotopic (exact) mass is 266 g/mol. The topological polar surface area (TPSA) is 66.0 Å². The lowest BCUT2D eigenvalue weighted by Crippen LogP contribution is -1.86. The Hall–Kier alpha value is -1.62. The van der Waals surface area contributed by atoms with Crippen molar-refractivity contribution >= 4 is 39.0 Å². The fraction of sp³-hybridized carbons (Fsp3) is 0. The number of rotatable bonds is 2. The molecule has 2 aromatic rings. The average Bonchev–Trinajstić information content (AvgIpc) is 2.60. The number of aromatic amines is 1. The molecule has 2 rings (SSSR count). The highest BCUT2D eigenvalue weighted by molar-refractivity contribution is 9.10. The van der Waals surface area contributed by atoms with Crippen LogP contribution < -0.4 is 0 Å². The number of aromatic nitrogens is 2. The predicted molar refractivity (Wildman–Crippen MR) is 60.5 cm³/mol. The summed E-state index contributed by atoms with van der Waals surface area (Å²) in [5, 5.41) is 8.52. The lowest BCUT2D eigenvalue weighted by Gasteiger charge is -1.97. The first-order valence-electron chi connectivity index (χ1n) is 4.20. The van der Waals surface area contributed by atoms with Gasteiger partial charge in [-0.3, -0.25) is 0 Å². The van der Waals surface area contributed by atoms with Crippen LogP contribution in [-0.2, 0) is 4.79 Å². The van der Waals surface area contributed by atoms with Crippen molar-refractivity contribution in [3.8, 4) is 0 Å². The van der Waals surface area contributed by atoms with Gasteiger partial charge in [-0.25, -0.2) is 9.78 Å². The lowest BCUT2D eigenvalue weighted by atomic mass is 10.2. The number of hydrogen-bond donors (Lipinski definition) is 2. The number of fused-ring (bicyclic) bond motifs is 1. The molecule has 0 saturated carbocycles. The molecule has 15 heavy (non-hydrogen) atoms. The molecule has 0 spiro atoms. The van der Waals surface area contributed by atoms with Crippen LogP contribution >= 0.6 is 15.9 Å². The van der Waals surface area contributed by atoms with Crippen LogP contribution in [0.15, 0.2) is 29.0 Å². The number of nitrogens with one attached hydrogen (secondary N) is 1. The highest BCUT2D eigenvalue weighted by atomic mass is 79.9. The first kappa shape index (κ1) is 9.92. The van der Waals surface area contributed by atoms with E-state index in [0.717, 1.165) is 27.1 Å². The summed E-state index contributed by atoms with van der Waals surface area (Å²) in [4.78, 5) is 17.4. The van der Waals surface area contributed by atoms with Crippen molar-refractivity contribution < 1.29 is 9.90 Å². The van der Waals surface area contributed by atoms with Crippen LogP contribution in [0.4, 0.5) is 0 Å². The second-order valence-electron chi connectivity index (χ2n) is 2.96. The van der Waals surface area contributed by atoms with Gasteiger partial charge in [0, 0.05) is 10.5 Å². The van der Waals surface area contributed by atoms with Gasteiger partial charge in [0.15, 0.2) is 0 Å². The molecule has 5 heteroatoms. The zero-order valence-electron chi connectivity index (χ0n) is 7.57. The van der Waals surface area contributed by atoms with Crippen molar-refractivity contribution in [1.29, 1.82) is 0 Å². The fourth-order valence-corrected chi connectivity index (χ4v) is 1.74. The SMILES string of the molecule is O=C(O)/C=C/c1cc2nc[nH]c2cc1Br. The number of carbonyl (C=O) groups is 1. The Bertz CT molecular complexity index is 545. The van der Waals surface area contributed by atoms with Crippen LogP contribution in [0.1, 0.15) is 5.56 Å². The Labute approximate surface area is 93.8 Å². The van der Waals surface area contributed by atoms with Crippen LogP contribution in [0.25, 0.3) is 17.1 Å². The summed E-state index contributed by atoms with van der Waals surface area (Å²) < 4.78 is 0.830. The third-order valence-electron chi connectivity index (χ3n) is 1.94. The zero-order valence-corrected chi connectivity index (χ0v) is 9.15. The Morgan fingerprint density at radius 1 is 1.53 bits per heavy atom. The Morgan fingerprint density at radius 2 is 2.33 bits per heavy atom. The summed E-state index contributed by atoms with van der Waals surface area (Å²) in [5.74, 6) is -0.968. The van der Waals surface area contributed by atoms with Gasteiger partial charge >= 0.3 is 5.97 Å². The molecule has 0 atom stereocenters. The van der Waals surface area contributed by atoms with Crippen LogP contribution in [0.2, 0.25) is 0 Å². The number of nitrogens with zero attached hydrogens (tertiary/aromatic N) is 1. The van der Waals surface area contributed by atoms with E-state index in [1.807, 2.05) is 12.1 Å². The molecular weight excluding hydrogens is 260 g/mol. The van der Waals surface area contributed by atoms with Gasteiger partial charge in [0.2, 0.25) is 0 Å². The van der Waals surface area contributed by atoms with E-state index in [2.05, 4.69) is 25.9 Å². The number of carboxylic acids is 1. The van der Waals surface area contributed by atoms with Gasteiger partial charge in [-0.05, 0) is 23.8 Å². The molecule has 4 nitrogen and oxygen atoms in total. The second-order valence-corrected chi connectivity index (χ2v) is 3.82. The van der Waals surface area contributed by atoms with Gasteiger partial charge in [0.25, 0.3) is 0 Å². The summed E-state index contributed by atoms with van der Waals surface area (Å²) >= 11 is 3.36. The van der Waals surface area contributed by atoms with Gasteiger partial charge < -0.3 is 10.1 Å². The maximum Gasteiger partial charge on any atom is 0.328 e. The number of carboxylic acid groups (broad SMARTS) is 1. The zero-order chi connectivity index (χ0) is 10.8. The summed E-state index contributed by atoms with van der Waals surface area (Å²) in [7, 11) is 0. The Balaban J connectivity index is 2.50. The van der Waals surface area contributed by atoms with Crippen molar-refractivity contribution in [3.05, 3.63) is 34.6 Å². The normalized spacial score (nSPS) is 11.3. The van der Waals surface area contributed by atoms with Gasteiger partial charge in [-0.2, -0.15) is 0 Å². The maximum absolute atomic E-state index is 10.4. The van der Waals surface area contributed by atoms with E-state index < -0.39 is 5.97 Å². The molecule has 0 radical (unpaired) electrons. The third-order valence-corrected chi connectivity index (χ3v) is 2.63. The molecule has 1 aromatic heterocycles. The van der Waals surface area contributed by atoms with E-state index in [4.69, 9.17) is 5.11 Å². The minimum atomic E-state index is -0.968. The van der Waals surface area contributed by atoms with Crippen LogP contribution in [0, 0.1) is 0 Å². The minimum absolute atomic E-state index is 0.789. The fourth-order valence-electron chi connectivity index (χ4n) is 1.26. The highest BCUT2D eigenvalue weighted by Gasteiger charge is 2.02. The van der Waals surface area contributed by atoms with Gasteiger partial charge in [-0.15, -0.1) is 0 Å².